The van der Waals surface area contributed by atoms with Crippen molar-refractivity contribution in [2.75, 3.05) is 0 Å². The van der Waals surface area contributed by atoms with Gasteiger partial charge in [0.2, 0.25) is 5.91 Å². The van der Waals surface area contributed by atoms with Crippen LogP contribution in [0.15, 0.2) is 103 Å². The number of rotatable bonds is 6. The summed E-state index contributed by atoms with van der Waals surface area (Å²) in [7, 11) is 0. The molecule has 3 nitrogen and oxygen atoms in total. The molecule has 0 radical (unpaired) electrons. The van der Waals surface area contributed by atoms with Crippen molar-refractivity contribution in [3.63, 3.8) is 0 Å². The van der Waals surface area contributed by atoms with Crippen LogP contribution in [0, 0.1) is 5.92 Å². The highest BCUT2D eigenvalue weighted by Gasteiger charge is 2.36. The maximum absolute atomic E-state index is 13.2. The van der Waals surface area contributed by atoms with Crippen molar-refractivity contribution in [1.82, 2.24) is 4.90 Å². The third kappa shape index (κ3) is 4.74. The third-order valence-electron chi connectivity index (χ3n) is 5.66. The second kappa shape index (κ2) is 9.36. The number of hydrogen-bond donors (Lipinski definition) is 0. The Bertz CT molecular complexity index is 1010. The Kier molecular flexibility index (Phi) is 6.19. The molecule has 4 rings (SSSR count). The topological polar surface area (TPSA) is 37.4 Å². The van der Waals surface area contributed by atoms with Gasteiger partial charge in [-0.2, -0.15) is 0 Å². The van der Waals surface area contributed by atoms with Crippen molar-refractivity contribution in [3.05, 3.63) is 120 Å². The maximum atomic E-state index is 13.2. The Morgan fingerprint density at radius 3 is 1.77 bits per heavy atom. The fourth-order valence-corrected chi connectivity index (χ4v) is 4.10. The lowest BCUT2D eigenvalue weighted by molar-refractivity contribution is -0.133. The monoisotopic (exact) mass is 395 g/mol. The molecule has 0 bridgehead atoms. The van der Waals surface area contributed by atoms with E-state index in [-0.39, 0.29) is 23.7 Å². The van der Waals surface area contributed by atoms with Crippen molar-refractivity contribution in [1.29, 1.82) is 0 Å². The van der Waals surface area contributed by atoms with E-state index in [9.17, 15) is 9.59 Å². The summed E-state index contributed by atoms with van der Waals surface area (Å²) in [5.74, 6) is -0.162. The molecule has 2 atom stereocenters. The summed E-state index contributed by atoms with van der Waals surface area (Å²) < 4.78 is 0. The first-order chi connectivity index (χ1) is 14.7. The van der Waals surface area contributed by atoms with Gasteiger partial charge in [-0.15, -0.1) is 0 Å². The molecule has 3 aromatic carbocycles. The highest BCUT2D eigenvalue weighted by Crippen LogP contribution is 2.27. The van der Waals surface area contributed by atoms with Gasteiger partial charge in [-0.1, -0.05) is 91.0 Å². The molecule has 1 heterocycles. The number of amides is 1. The van der Waals surface area contributed by atoms with Crippen molar-refractivity contribution in [2.24, 2.45) is 5.92 Å². The van der Waals surface area contributed by atoms with E-state index in [1.807, 2.05) is 78.9 Å². The second-order valence-corrected chi connectivity index (χ2v) is 7.73. The smallest absolute Gasteiger partial charge is 0.231 e. The van der Waals surface area contributed by atoms with E-state index in [2.05, 4.69) is 12.1 Å². The molecule has 1 amide bonds. The summed E-state index contributed by atoms with van der Waals surface area (Å²) in [5, 5.41) is 0. The maximum Gasteiger partial charge on any atom is 0.231 e. The minimum Gasteiger partial charge on any atom is -0.315 e. The lowest BCUT2D eigenvalue weighted by atomic mass is 9.82. The molecule has 0 saturated heterocycles. The summed E-state index contributed by atoms with van der Waals surface area (Å²) in [4.78, 5) is 27.9. The molecule has 0 N–H and O–H groups in total. The van der Waals surface area contributed by atoms with E-state index in [0.29, 0.717) is 19.3 Å². The van der Waals surface area contributed by atoms with Crippen LogP contribution in [0.4, 0.5) is 0 Å². The predicted molar refractivity (Wildman–Crippen MR) is 119 cm³/mol. The van der Waals surface area contributed by atoms with E-state index in [4.69, 9.17) is 0 Å². The van der Waals surface area contributed by atoms with Crippen LogP contribution in [-0.4, -0.2) is 22.6 Å². The molecular weight excluding hydrogens is 370 g/mol. The third-order valence-corrected chi connectivity index (χ3v) is 5.66. The first kappa shape index (κ1) is 19.8. The van der Waals surface area contributed by atoms with Crippen LogP contribution in [0.2, 0.25) is 0 Å². The number of nitrogens with zero attached hydrogens (tertiary/aromatic N) is 1. The molecule has 150 valence electrons. The summed E-state index contributed by atoms with van der Waals surface area (Å²) in [6, 6.07) is 29.7. The zero-order chi connectivity index (χ0) is 20.8. The van der Waals surface area contributed by atoms with Gasteiger partial charge in [0.15, 0.2) is 5.78 Å². The Labute approximate surface area is 177 Å². The van der Waals surface area contributed by atoms with Crippen LogP contribution in [-0.2, 0) is 28.9 Å². The normalized spacial score (nSPS) is 18.4. The minimum atomic E-state index is -0.266. The molecule has 0 aromatic heterocycles. The van der Waals surface area contributed by atoms with Gasteiger partial charge in [0.25, 0.3) is 0 Å². The highest BCUT2D eigenvalue weighted by molar-refractivity contribution is 5.95. The van der Waals surface area contributed by atoms with Crippen LogP contribution < -0.4 is 0 Å². The lowest BCUT2D eigenvalue weighted by Crippen LogP contribution is -2.49. The quantitative estimate of drug-likeness (QED) is 0.611. The van der Waals surface area contributed by atoms with Gasteiger partial charge in [0.1, 0.15) is 0 Å². The van der Waals surface area contributed by atoms with E-state index < -0.39 is 0 Å². The molecular formula is C27H25NO2. The summed E-state index contributed by atoms with van der Waals surface area (Å²) in [5.41, 5.74) is 3.21. The van der Waals surface area contributed by atoms with Crippen LogP contribution in [0.1, 0.15) is 16.7 Å². The highest BCUT2D eigenvalue weighted by atomic mass is 16.2. The van der Waals surface area contributed by atoms with Crippen molar-refractivity contribution >= 4 is 11.7 Å². The van der Waals surface area contributed by atoms with Crippen LogP contribution >= 0.6 is 0 Å². The number of carbonyl (C=O) groups is 2. The molecule has 3 heteroatoms. The fourth-order valence-electron chi connectivity index (χ4n) is 4.10. The number of hydrogen-bond acceptors (Lipinski definition) is 2. The van der Waals surface area contributed by atoms with Gasteiger partial charge < -0.3 is 4.90 Å². The average Bonchev–Trinajstić information content (AvgIpc) is 2.78. The zero-order valence-electron chi connectivity index (χ0n) is 16.9. The molecule has 0 fully saturated rings. The van der Waals surface area contributed by atoms with Gasteiger partial charge in [-0.05, 0) is 35.6 Å². The Morgan fingerprint density at radius 2 is 1.20 bits per heavy atom. The van der Waals surface area contributed by atoms with Crippen LogP contribution in [0.3, 0.4) is 0 Å². The Hall–Kier alpha value is -3.46. The van der Waals surface area contributed by atoms with Gasteiger partial charge >= 0.3 is 0 Å². The van der Waals surface area contributed by atoms with Crippen molar-refractivity contribution in [3.8, 4) is 0 Å². The molecule has 0 spiro atoms. The van der Waals surface area contributed by atoms with E-state index in [0.717, 1.165) is 16.7 Å². The zero-order valence-corrected chi connectivity index (χ0v) is 16.9. The van der Waals surface area contributed by atoms with Gasteiger partial charge in [0, 0.05) is 12.1 Å². The lowest BCUT2D eigenvalue weighted by Gasteiger charge is -2.37. The first-order valence-corrected chi connectivity index (χ1v) is 10.4. The van der Waals surface area contributed by atoms with Gasteiger partial charge in [0.05, 0.1) is 12.5 Å². The Balaban J connectivity index is 1.63. The van der Waals surface area contributed by atoms with Crippen LogP contribution in [0.25, 0.3) is 0 Å². The van der Waals surface area contributed by atoms with Crippen LogP contribution in [0.5, 0.6) is 0 Å². The number of carbonyl (C=O) groups excluding carboxylic acids is 2. The predicted octanol–water partition coefficient (Wildman–Crippen LogP) is 4.62. The standard InChI is InChI=1S/C27H25NO2/c29-26-16-17-28(27(30)20-23-14-8-3-9-15-23)25(19-22-12-6-2-7-13-22)24(26)18-21-10-4-1-5-11-21/h1-17,24-25H,18-20H2/t24-,25-/m0/s1. The molecule has 1 aliphatic heterocycles. The van der Waals surface area contributed by atoms with Gasteiger partial charge in [-0.25, -0.2) is 0 Å². The molecule has 30 heavy (non-hydrogen) atoms. The number of benzene rings is 3. The fraction of sp³-hybridized carbons (Fsp3) is 0.185. The van der Waals surface area contributed by atoms with E-state index in [1.165, 1.54) is 0 Å². The minimum absolute atomic E-state index is 0.0175. The summed E-state index contributed by atoms with van der Waals surface area (Å²) in [6.45, 7) is 0. The van der Waals surface area contributed by atoms with Crippen molar-refractivity contribution in [2.45, 2.75) is 25.3 Å². The van der Waals surface area contributed by atoms with Crippen molar-refractivity contribution < 1.29 is 9.59 Å². The molecule has 0 saturated carbocycles. The number of allylic oxidation sites excluding steroid dienone is 1. The summed E-state index contributed by atoms with van der Waals surface area (Å²) >= 11 is 0. The average molecular weight is 396 g/mol. The molecule has 1 aliphatic rings. The summed E-state index contributed by atoms with van der Waals surface area (Å²) in [6.07, 6.45) is 4.84. The largest absolute Gasteiger partial charge is 0.315 e. The van der Waals surface area contributed by atoms with E-state index in [1.54, 1.807) is 17.2 Å². The molecule has 0 aliphatic carbocycles. The van der Waals surface area contributed by atoms with Gasteiger partial charge in [-0.3, -0.25) is 9.59 Å². The molecule has 0 unspecified atom stereocenters. The van der Waals surface area contributed by atoms with E-state index >= 15 is 0 Å². The Morgan fingerprint density at radius 1 is 0.700 bits per heavy atom. The SMILES string of the molecule is O=C1C=CN(C(=O)Cc2ccccc2)[C@@H](Cc2ccccc2)[C@@H]1Cc1ccccc1. The first-order valence-electron chi connectivity index (χ1n) is 10.4. The molecule has 3 aromatic rings. The number of ketones is 1. The second-order valence-electron chi connectivity index (χ2n) is 7.73.